The lowest BCUT2D eigenvalue weighted by molar-refractivity contribution is 0.0987. The molecule has 1 aromatic carbocycles. The highest BCUT2D eigenvalue weighted by atomic mass is 19.2. The van der Waals surface area contributed by atoms with Gasteiger partial charge in [-0.1, -0.05) is 0 Å². The zero-order valence-electron chi connectivity index (χ0n) is 17.8. The third kappa shape index (κ3) is 4.20. The second-order valence-corrected chi connectivity index (χ2v) is 7.06. The molecule has 0 unspecified atom stereocenters. The molecule has 1 N–H and O–H groups in total. The summed E-state index contributed by atoms with van der Waals surface area (Å²) in [4.78, 5) is 38.4. The number of fused-ring (bicyclic) bond motifs is 1. The molecule has 4 rings (SSSR count). The first-order valence-corrected chi connectivity index (χ1v) is 9.67. The standard InChI is InChI=1S/C22H18F2N6O3/c1-12-20-26-10-18(13-4-7-19(25-9-13)28-22(32)33-3)30(20)11-17(27-12)21(31)29(2)14-5-6-15(23)16(24)8-14/h4-11H,1-3H3,(H,25,28,32). The van der Waals surface area contributed by atoms with Crippen molar-refractivity contribution in [1.29, 1.82) is 0 Å². The van der Waals surface area contributed by atoms with E-state index in [1.54, 1.807) is 35.9 Å². The number of pyridine rings is 1. The summed E-state index contributed by atoms with van der Waals surface area (Å²) < 4.78 is 33.1. The molecule has 2 amide bonds. The minimum Gasteiger partial charge on any atom is -0.453 e. The molecule has 0 aliphatic carbocycles. The van der Waals surface area contributed by atoms with Gasteiger partial charge in [-0.25, -0.2) is 28.5 Å². The van der Waals surface area contributed by atoms with Crippen LogP contribution in [0.15, 0.2) is 48.9 Å². The first-order valence-electron chi connectivity index (χ1n) is 9.67. The molecule has 168 valence electrons. The van der Waals surface area contributed by atoms with Gasteiger partial charge in [0, 0.05) is 36.8 Å². The number of aromatic nitrogens is 4. The monoisotopic (exact) mass is 452 g/mol. The van der Waals surface area contributed by atoms with E-state index in [-0.39, 0.29) is 11.4 Å². The van der Waals surface area contributed by atoms with Gasteiger partial charge < -0.3 is 9.64 Å². The van der Waals surface area contributed by atoms with Crippen LogP contribution in [0.5, 0.6) is 0 Å². The van der Waals surface area contributed by atoms with Crippen molar-refractivity contribution in [3.63, 3.8) is 0 Å². The molecule has 0 saturated carbocycles. The molecule has 0 spiro atoms. The Labute approximate surface area is 186 Å². The van der Waals surface area contributed by atoms with Gasteiger partial charge in [0.15, 0.2) is 17.3 Å². The third-order valence-electron chi connectivity index (χ3n) is 4.95. The van der Waals surface area contributed by atoms with Gasteiger partial charge in [0.25, 0.3) is 5.91 Å². The molecule has 3 heterocycles. The average molecular weight is 452 g/mol. The van der Waals surface area contributed by atoms with Crippen LogP contribution in [0.1, 0.15) is 16.2 Å². The van der Waals surface area contributed by atoms with Crippen LogP contribution in [0.2, 0.25) is 0 Å². The number of aryl methyl sites for hydroxylation is 1. The number of carbonyl (C=O) groups is 2. The Hall–Kier alpha value is -4.41. The van der Waals surface area contributed by atoms with Crippen LogP contribution in [0.4, 0.5) is 25.1 Å². The molecule has 0 bridgehead atoms. The van der Waals surface area contributed by atoms with Crippen molar-refractivity contribution in [1.82, 2.24) is 19.4 Å². The molecular formula is C22H18F2N6O3. The van der Waals surface area contributed by atoms with E-state index < -0.39 is 23.6 Å². The summed E-state index contributed by atoms with van der Waals surface area (Å²) in [6.45, 7) is 1.71. The number of hydrogen-bond donors (Lipinski definition) is 1. The average Bonchev–Trinajstić information content (AvgIpc) is 3.25. The van der Waals surface area contributed by atoms with Crippen molar-refractivity contribution in [2.24, 2.45) is 0 Å². The summed E-state index contributed by atoms with van der Waals surface area (Å²) in [6, 6.07) is 6.53. The highest BCUT2D eigenvalue weighted by molar-refractivity contribution is 6.04. The Morgan fingerprint density at radius 2 is 1.88 bits per heavy atom. The zero-order chi connectivity index (χ0) is 23.7. The highest BCUT2D eigenvalue weighted by Gasteiger charge is 2.20. The number of anilines is 2. The molecule has 0 fully saturated rings. The van der Waals surface area contributed by atoms with Gasteiger partial charge in [0.1, 0.15) is 11.5 Å². The molecule has 3 aromatic heterocycles. The number of methoxy groups -OCH3 is 1. The van der Waals surface area contributed by atoms with Gasteiger partial charge in [-0.15, -0.1) is 0 Å². The van der Waals surface area contributed by atoms with Gasteiger partial charge in [0.05, 0.1) is 24.7 Å². The van der Waals surface area contributed by atoms with E-state index in [1.807, 2.05) is 0 Å². The van der Waals surface area contributed by atoms with Gasteiger partial charge in [0.2, 0.25) is 0 Å². The third-order valence-corrected chi connectivity index (χ3v) is 4.95. The van der Waals surface area contributed by atoms with E-state index in [2.05, 4.69) is 25.0 Å². The summed E-state index contributed by atoms with van der Waals surface area (Å²) in [5.41, 5.74) is 2.62. The quantitative estimate of drug-likeness (QED) is 0.505. The van der Waals surface area contributed by atoms with Crippen molar-refractivity contribution in [3.8, 4) is 11.3 Å². The SMILES string of the molecule is COC(=O)Nc1ccc(-c2cnc3c(C)nc(C(=O)N(C)c4ccc(F)c(F)c4)cn23)cn1. The molecule has 0 atom stereocenters. The predicted octanol–water partition coefficient (Wildman–Crippen LogP) is 3.83. The fraction of sp³-hybridized carbons (Fsp3) is 0.136. The molecule has 0 aliphatic rings. The highest BCUT2D eigenvalue weighted by Crippen LogP contribution is 2.24. The Morgan fingerprint density at radius 3 is 2.55 bits per heavy atom. The van der Waals surface area contributed by atoms with Crippen molar-refractivity contribution in [2.75, 3.05) is 24.4 Å². The summed E-state index contributed by atoms with van der Waals surface area (Å²) in [5.74, 6) is -2.26. The fourth-order valence-corrected chi connectivity index (χ4v) is 3.22. The lowest BCUT2D eigenvalue weighted by Crippen LogP contribution is -2.28. The van der Waals surface area contributed by atoms with Crippen LogP contribution in [0, 0.1) is 18.6 Å². The zero-order valence-corrected chi connectivity index (χ0v) is 17.8. The number of ether oxygens (including phenoxy) is 1. The molecule has 33 heavy (non-hydrogen) atoms. The summed E-state index contributed by atoms with van der Waals surface area (Å²) >= 11 is 0. The Bertz CT molecular complexity index is 1370. The van der Waals surface area contributed by atoms with Gasteiger partial charge in [-0.2, -0.15) is 0 Å². The number of nitrogens with one attached hydrogen (secondary N) is 1. The second kappa shape index (κ2) is 8.61. The summed E-state index contributed by atoms with van der Waals surface area (Å²) in [7, 11) is 2.70. The Kier molecular flexibility index (Phi) is 5.69. The number of carbonyl (C=O) groups excluding carboxylic acids is 2. The lowest BCUT2D eigenvalue weighted by Gasteiger charge is -2.17. The number of halogens is 2. The number of imidazole rings is 1. The normalized spacial score (nSPS) is 10.8. The first kappa shape index (κ1) is 21.8. The van der Waals surface area contributed by atoms with Gasteiger partial charge in [-0.05, 0) is 31.2 Å². The molecule has 0 aliphatic heterocycles. The van der Waals surface area contributed by atoms with Gasteiger partial charge in [-0.3, -0.25) is 14.5 Å². The predicted molar refractivity (Wildman–Crippen MR) is 116 cm³/mol. The molecule has 11 heteroatoms. The van der Waals surface area contributed by atoms with Crippen LogP contribution >= 0.6 is 0 Å². The number of amides is 2. The van der Waals surface area contributed by atoms with Crippen LogP contribution < -0.4 is 10.2 Å². The van der Waals surface area contributed by atoms with Crippen molar-refractivity contribution >= 4 is 29.2 Å². The van der Waals surface area contributed by atoms with Crippen molar-refractivity contribution < 1.29 is 23.1 Å². The first-order chi connectivity index (χ1) is 15.8. The number of rotatable bonds is 4. The van der Waals surface area contributed by atoms with Crippen LogP contribution in [-0.2, 0) is 4.74 Å². The van der Waals surface area contributed by atoms with Crippen molar-refractivity contribution in [2.45, 2.75) is 6.92 Å². The second-order valence-electron chi connectivity index (χ2n) is 7.06. The minimum atomic E-state index is -1.05. The Morgan fingerprint density at radius 1 is 1.09 bits per heavy atom. The molecule has 0 radical (unpaired) electrons. The minimum absolute atomic E-state index is 0.0865. The van der Waals surface area contributed by atoms with E-state index >= 15 is 0 Å². The molecule has 0 saturated heterocycles. The summed E-state index contributed by atoms with van der Waals surface area (Å²) in [6.07, 6.45) is 4.03. The van der Waals surface area contributed by atoms with Crippen LogP contribution in [-0.4, -0.2) is 45.5 Å². The van der Waals surface area contributed by atoms with Crippen LogP contribution in [0.25, 0.3) is 16.9 Å². The Balaban J connectivity index is 1.69. The molecular weight excluding hydrogens is 434 g/mol. The maximum Gasteiger partial charge on any atom is 0.412 e. The summed E-state index contributed by atoms with van der Waals surface area (Å²) in [5, 5.41) is 2.46. The van der Waals surface area contributed by atoms with Crippen molar-refractivity contribution in [3.05, 3.63) is 71.9 Å². The van der Waals surface area contributed by atoms with E-state index in [0.29, 0.717) is 28.4 Å². The van der Waals surface area contributed by atoms with Crippen LogP contribution in [0.3, 0.4) is 0 Å². The topological polar surface area (TPSA) is 102 Å². The fourth-order valence-electron chi connectivity index (χ4n) is 3.22. The molecule has 4 aromatic rings. The lowest BCUT2D eigenvalue weighted by atomic mass is 10.2. The molecule has 9 nitrogen and oxygen atoms in total. The van der Waals surface area contributed by atoms with E-state index in [9.17, 15) is 18.4 Å². The van der Waals surface area contributed by atoms with E-state index in [1.165, 1.54) is 31.3 Å². The maximum absolute atomic E-state index is 13.6. The largest absolute Gasteiger partial charge is 0.453 e. The van der Waals surface area contributed by atoms with Gasteiger partial charge >= 0.3 is 6.09 Å². The smallest absolute Gasteiger partial charge is 0.412 e. The van der Waals surface area contributed by atoms with E-state index in [4.69, 9.17) is 0 Å². The maximum atomic E-state index is 13.6. The number of hydrogen-bond acceptors (Lipinski definition) is 6. The van der Waals surface area contributed by atoms with E-state index in [0.717, 1.165) is 12.1 Å². The number of nitrogens with zero attached hydrogens (tertiary/aromatic N) is 5. The number of benzene rings is 1.